The minimum absolute atomic E-state index is 0.0638. The van der Waals surface area contributed by atoms with E-state index in [1.807, 2.05) is 50.2 Å². The number of likely N-dealkylation sites (tertiary alicyclic amines) is 1. The summed E-state index contributed by atoms with van der Waals surface area (Å²) < 4.78 is 10.6. The lowest BCUT2D eigenvalue weighted by Gasteiger charge is -2.26. The maximum atomic E-state index is 13.1. The lowest BCUT2D eigenvalue weighted by Crippen LogP contribution is -2.32. The van der Waals surface area contributed by atoms with Crippen LogP contribution in [0, 0.1) is 6.92 Å². The summed E-state index contributed by atoms with van der Waals surface area (Å²) in [6, 6.07) is 11.9. The van der Waals surface area contributed by atoms with Gasteiger partial charge in [0.2, 0.25) is 0 Å². The summed E-state index contributed by atoms with van der Waals surface area (Å²) in [5, 5.41) is 11.3. The largest absolute Gasteiger partial charge is 0.507 e. The second kappa shape index (κ2) is 9.87. The molecule has 7 heteroatoms. The Morgan fingerprint density at radius 2 is 1.84 bits per heavy atom. The van der Waals surface area contributed by atoms with Gasteiger partial charge in [-0.3, -0.25) is 9.59 Å². The number of aliphatic hydroxyl groups is 1. The minimum Gasteiger partial charge on any atom is -0.507 e. The fraction of sp³-hybridized carbons (Fsp3) is 0.360. The summed E-state index contributed by atoms with van der Waals surface area (Å²) in [5.41, 5.74) is 2.18. The first-order chi connectivity index (χ1) is 15.3. The van der Waals surface area contributed by atoms with Crippen molar-refractivity contribution >= 4 is 17.4 Å². The number of nitrogens with zero attached hydrogens (tertiary/aromatic N) is 2. The Kier molecular flexibility index (Phi) is 7.20. The van der Waals surface area contributed by atoms with E-state index < -0.39 is 17.7 Å². The van der Waals surface area contributed by atoms with Crippen molar-refractivity contribution in [3.63, 3.8) is 0 Å². The molecular formula is C25H30N2O5. The van der Waals surface area contributed by atoms with Crippen molar-refractivity contribution in [2.75, 3.05) is 41.4 Å². The first-order valence-corrected chi connectivity index (χ1v) is 10.5. The van der Waals surface area contributed by atoms with Crippen molar-refractivity contribution in [1.29, 1.82) is 0 Å². The van der Waals surface area contributed by atoms with Crippen molar-refractivity contribution in [1.82, 2.24) is 9.80 Å². The Hall–Kier alpha value is -3.32. The van der Waals surface area contributed by atoms with E-state index in [0.29, 0.717) is 30.0 Å². The average Bonchev–Trinajstić information content (AvgIpc) is 3.03. The zero-order chi connectivity index (χ0) is 23.4. The Bertz CT molecular complexity index is 1040. The predicted molar refractivity (Wildman–Crippen MR) is 123 cm³/mol. The number of methoxy groups -OCH3 is 2. The van der Waals surface area contributed by atoms with Crippen LogP contribution in [0.1, 0.15) is 29.2 Å². The molecule has 1 saturated heterocycles. The summed E-state index contributed by atoms with van der Waals surface area (Å²) in [7, 11) is 6.93. The van der Waals surface area contributed by atoms with Crippen LogP contribution in [-0.4, -0.2) is 68.0 Å². The standard InChI is InChI=1S/C25H30N2O5/c1-16-8-6-9-17(14-16)22-21(24(29)25(30)27(22)13-7-12-26(2)3)23(28)19-11-10-18(31-4)15-20(19)32-5/h6,8-11,14-15,22,28H,7,12-13H2,1-5H3/b23-21-. The van der Waals surface area contributed by atoms with E-state index >= 15 is 0 Å². The number of carbonyl (C=O) groups is 2. The lowest BCUT2D eigenvalue weighted by atomic mass is 9.94. The summed E-state index contributed by atoms with van der Waals surface area (Å²) in [6.07, 6.45) is 0.703. The number of benzene rings is 2. The first kappa shape index (κ1) is 23.3. The van der Waals surface area contributed by atoms with Crippen LogP contribution in [0.15, 0.2) is 48.0 Å². The summed E-state index contributed by atoms with van der Waals surface area (Å²) in [6.45, 7) is 3.13. The van der Waals surface area contributed by atoms with Gasteiger partial charge in [-0.25, -0.2) is 0 Å². The smallest absolute Gasteiger partial charge is 0.295 e. The van der Waals surface area contributed by atoms with E-state index in [-0.39, 0.29) is 11.3 Å². The van der Waals surface area contributed by atoms with E-state index in [0.717, 1.165) is 17.7 Å². The second-order valence-electron chi connectivity index (χ2n) is 8.13. The fourth-order valence-electron chi connectivity index (χ4n) is 3.99. The number of hydrogen-bond donors (Lipinski definition) is 1. The van der Waals surface area contributed by atoms with E-state index in [1.165, 1.54) is 14.2 Å². The van der Waals surface area contributed by atoms with Gasteiger partial charge >= 0.3 is 0 Å². The minimum atomic E-state index is -0.697. The van der Waals surface area contributed by atoms with Crippen LogP contribution >= 0.6 is 0 Å². The zero-order valence-electron chi connectivity index (χ0n) is 19.2. The van der Waals surface area contributed by atoms with Crippen LogP contribution < -0.4 is 9.47 Å². The van der Waals surface area contributed by atoms with Gasteiger partial charge in [-0.2, -0.15) is 0 Å². The van der Waals surface area contributed by atoms with Crippen LogP contribution in [0.4, 0.5) is 0 Å². The molecule has 1 N–H and O–H groups in total. The number of aliphatic hydroxyl groups excluding tert-OH is 1. The molecular weight excluding hydrogens is 408 g/mol. The molecule has 0 aromatic heterocycles. The molecule has 1 amide bonds. The molecule has 1 aliphatic rings. The number of ketones is 1. The Morgan fingerprint density at radius 1 is 1.09 bits per heavy atom. The van der Waals surface area contributed by atoms with Crippen LogP contribution in [0.3, 0.4) is 0 Å². The number of Topliss-reactive ketones (excluding diaryl/α,β-unsaturated/α-hetero) is 1. The van der Waals surface area contributed by atoms with Gasteiger partial charge in [-0.05, 0) is 51.7 Å². The van der Waals surface area contributed by atoms with Crippen molar-refractivity contribution in [2.45, 2.75) is 19.4 Å². The highest BCUT2D eigenvalue weighted by molar-refractivity contribution is 6.46. The maximum absolute atomic E-state index is 13.1. The zero-order valence-corrected chi connectivity index (χ0v) is 19.2. The molecule has 0 bridgehead atoms. The molecule has 170 valence electrons. The Balaban J connectivity index is 2.15. The number of amides is 1. The monoisotopic (exact) mass is 438 g/mol. The van der Waals surface area contributed by atoms with E-state index in [9.17, 15) is 14.7 Å². The number of rotatable bonds is 8. The fourth-order valence-corrected chi connectivity index (χ4v) is 3.99. The third-order valence-electron chi connectivity index (χ3n) is 5.57. The molecule has 1 atom stereocenters. The molecule has 1 unspecified atom stereocenters. The lowest BCUT2D eigenvalue weighted by molar-refractivity contribution is -0.139. The molecule has 0 radical (unpaired) electrons. The quantitative estimate of drug-likeness (QED) is 0.387. The predicted octanol–water partition coefficient (Wildman–Crippen LogP) is 3.39. The highest BCUT2D eigenvalue weighted by Gasteiger charge is 2.46. The summed E-state index contributed by atoms with van der Waals surface area (Å²) in [5.74, 6) is -0.660. The molecule has 7 nitrogen and oxygen atoms in total. The molecule has 1 heterocycles. The van der Waals surface area contributed by atoms with Gasteiger partial charge in [0, 0.05) is 12.6 Å². The van der Waals surface area contributed by atoms with Gasteiger partial charge in [0.1, 0.15) is 17.3 Å². The molecule has 1 fully saturated rings. The third-order valence-corrected chi connectivity index (χ3v) is 5.57. The van der Waals surface area contributed by atoms with Gasteiger partial charge in [0.05, 0.1) is 31.4 Å². The van der Waals surface area contributed by atoms with Gasteiger partial charge in [-0.1, -0.05) is 29.8 Å². The number of hydrogen-bond acceptors (Lipinski definition) is 6. The second-order valence-corrected chi connectivity index (χ2v) is 8.13. The van der Waals surface area contributed by atoms with Crippen molar-refractivity contribution < 1.29 is 24.2 Å². The summed E-state index contributed by atoms with van der Waals surface area (Å²) in [4.78, 5) is 29.7. The Labute approximate surface area is 188 Å². The van der Waals surface area contributed by atoms with Crippen molar-refractivity contribution in [3.8, 4) is 11.5 Å². The SMILES string of the molecule is COc1ccc(/C(O)=C2/C(=O)C(=O)N(CCCN(C)C)C2c2cccc(C)c2)c(OC)c1. The van der Waals surface area contributed by atoms with Gasteiger partial charge in [0.25, 0.3) is 11.7 Å². The van der Waals surface area contributed by atoms with Crippen molar-refractivity contribution in [2.24, 2.45) is 0 Å². The first-order valence-electron chi connectivity index (χ1n) is 10.5. The number of carbonyl (C=O) groups excluding carboxylic acids is 2. The van der Waals surface area contributed by atoms with E-state index in [4.69, 9.17) is 9.47 Å². The molecule has 0 saturated carbocycles. The van der Waals surface area contributed by atoms with E-state index in [2.05, 4.69) is 0 Å². The van der Waals surface area contributed by atoms with Gasteiger partial charge in [-0.15, -0.1) is 0 Å². The number of ether oxygens (including phenoxy) is 2. The molecule has 0 spiro atoms. The van der Waals surface area contributed by atoms with Crippen LogP contribution in [0.5, 0.6) is 11.5 Å². The van der Waals surface area contributed by atoms with Crippen LogP contribution in [0.25, 0.3) is 5.76 Å². The molecule has 32 heavy (non-hydrogen) atoms. The highest BCUT2D eigenvalue weighted by Crippen LogP contribution is 2.41. The topological polar surface area (TPSA) is 79.3 Å². The third kappa shape index (κ3) is 4.62. The van der Waals surface area contributed by atoms with Crippen molar-refractivity contribution in [3.05, 3.63) is 64.7 Å². The van der Waals surface area contributed by atoms with Gasteiger partial charge in [0.15, 0.2) is 0 Å². The molecule has 2 aromatic carbocycles. The Morgan fingerprint density at radius 3 is 2.47 bits per heavy atom. The molecule has 1 aliphatic heterocycles. The highest BCUT2D eigenvalue weighted by atomic mass is 16.5. The van der Waals surface area contributed by atoms with E-state index in [1.54, 1.807) is 23.1 Å². The molecule has 3 rings (SSSR count). The number of aryl methyl sites for hydroxylation is 1. The van der Waals surface area contributed by atoms with Crippen LogP contribution in [0.2, 0.25) is 0 Å². The van der Waals surface area contributed by atoms with Gasteiger partial charge < -0.3 is 24.4 Å². The summed E-state index contributed by atoms with van der Waals surface area (Å²) >= 11 is 0. The molecule has 2 aromatic rings. The average molecular weight is 439 g/mol. The molecule has 0 aliphatic carbocycles. The maximum Gasteiger partial charge on any atom is 0.295 e. The van der Waals surface area contributed by atoms with Crippen LogP contribution in [-0.2, 0) is 9.59 Å². The normalized spacial score (nSPS) is 17.8.